The summed E-state index contributed by atoms with van der Waals surface area (Å²) in [5.41, 5.74) is -0.114. The Morgan fingerprint density at radius 1 is 1.55 bits per heavy atom. The van der Waals surface area contributed by atoms with Crippen molar-refractivity contribution in [3.05, 3.63) is 29.6 Å². The zero-order chi connectivity index (χ0) is 14.8. The quantitative estimate of drug-likeness (QED) is 0.904. The lowest BCUT2D eigenvalue weighted by atomic mass is 10.0. The standard InChI is InChI=1S/C14H18N2O4/c1-3-14(2)9-16(6-7-20-14)12(17)10-4-5-15-11(8-10)13(18)19/h4-5,8H,3,6-7,9H2,1-2H3,(H,18,19). The lowest BCUT2D eigenvalue weighted by Crippen LogP contribution is -2.51. The van der Waals surface area contributed by atoms with Crippen molar-refractivity contribution in [2.45, 2.75) is 25.9 Å². The number of carboxylic acid groups (broad SMARTS) is 1. The Kier molecular flexibility index (Phi) is 4.04. The maximum Gasteiger partial charge on any atom is 0.354 e. The first-order chi connectivity index (χ1) is 9.45. The molecular formula is C14H18N2O4. The molecule has 1 aliphatic heterocycles. The Bertz CT molecular complexity index is 532. The smallest absolute Gasteiger partial charge is 0.354 e. The number of hydrogen-bond acceptors (Lipinski definition) is 4. The van der Waals surface area contributed by atoms with Crippen LogP contribution in [-0.4, -0.2) is 52.2 Å². The molecule has 2 heterocycles. The second kappa shape index (κ2) is 5.58. The lowest BCUT2D eigenvalue weighted by molar-refractivity contribution is -0.0897. The lowest BCUT2D eigenvalue weighted by Gasteiger charge is -2.40. The van der Waals surface area contributed by atoms with Crippen molar-refractivity contribution >= 4 is 11.9 Å². The van der Waals surface area contributed by atoms with Gasteiger partial charge in [0, 0.05) is 24.8 Å². The van der Waals surface area contributed by atoms with E-state index in [1.54, 1.807) is 4.90 Å². The minimum Gasteiger partial charge on any atom is -0.477 e. The topological polar surface area (TPSA) is 79.7 Å². The molecule has 1 aliphatic rings. The van der Waals surface area contributed by atoms with Crippen LogP contribution in [0.5, 0.6) is 0 Å². The number of morpholine rings is 1. The van der Waals surface area contributed by atoms with Crippen molar-refractivity contribution < 1.29 is 19.4 Å². The van der Waals surface area contributed by atoms with Gasteiger partial charge in [-0.25, -0.2) is 9.78 Å². The van der Waals surface area contributed by atoms with Crippen LogP contribution in [0.1, 0.15) is 41.1 Å². The number of carboxylic acids is 1. The predicted octanol–water partition coefficient (Wildman–Crippen LogP) is 1.42. The van der Waals surface area contributed by atoms with Crippen LogP contribution in [0.3, 0.4) is 0 Å². The Hall–Kier alpha value is -1.95. The van der Waals surface area contributed by atoms with Gasteiger partial charge >= 0.3 is 5.97 Å². The molecule has 1 fully saturated rings. The van der Waals surface area contributed by atoms with Gasteiger partial charge in [-0.3, -0.25) is 4.79 Å². The van der Waals surface area contributed by atoms with Crippen LogP contribution in [0.4, 0.5) is 0 Å². The summed E-state index contributed by atoms with van der Waals surface area (Å²) in [4.78, 5) is 28.7. The molecule has 0 bridgehead atoms. The van der Waals surface area contributed by atoms with Crippen molar-refractivity contribution in [1.82, 2.24) is 9.88 Å². The monoisotopic (exact) mass is 278 g/mol. The normalized spacial score (nSPS) is 22.6. The van der Waals surface area contributed by atoms with Crippen molar-refractivity contribution in [3.63, 3.8) is 0 Å². The highest BCUT2D eigenvalue weighted by molar-refractivity contribution is 5.96. The van der Waals surface area contributed by atoms with Crippen LogP contribution in [-0.2, 0) is 4.74 Å². The maximum absolute atomic E-state index is 12.4. The Balaban J connectivity index is 2.19. The van der Waals surface area contributed by atoms with Gasteiger partial charge in [-0.05, 0) is 25.5 Å². The molecule has 1 atom stereocenters. The highest BCUT2D eigenvalue weighted by Gasteiger charge is 2.33. The van der Waals surface area contributed by atoms with Crippen LogP contribution >= 0.6 is 0 Å². The average Bonchev–Trinajstić information content (AvgIpc) is 2.46. The van der Waals surface area contributed by atoms with E-state index >= 15 is 0 Å². The number of rotatable bonds is 3. The maximum atomic E-state index is 12.4. The molecule has 1 unspecified atom stereocenters. The number of nitrogens with zero attached hydrogens (tertiary/aromatic N) is 2. The molecule has 1 aromatic rings. The number of ether oxygens (including phenoxy) is 1. The largest absolute Gasteiger partial charge is 0.477 e. The van der Waals surface area contributed by atoms with Gasteiger partial charge in [0.1, 0.15) is 5.69 Å². The van der Waals surface area contributed by atoms with Crippen LogP contribution in [0.25, 0.3) is 0 Å². The number of aromatic nitrogens is 1. The summed E-state index contributed by atoms with van der Waals surface area (Å²) in [7, 11) is 0. The van der Waals surface area contributed by atoms with E-state index in [1.165, 1.54) is 18.3 Å². The molecule has 0 radical (unpaired) electrons. The fourth-order valence-electron chi connectivity index (χ4n) is 2.18. The zero-order valence-electron chi connectivity index (χ0n) is 11.6. The molecule has 0 aromatic carbocycles. The molecule has 6 nitrogen and oxygen atoms in total. The van der Waals surface area contributed by atoms with Crippen LogP contribution < -0.4 is 0 Å². The van der Waals surface area contributed by atoms with Crippen LogP contribution in [0, 0.1) is 0 Å². The molecule has 1 N–H and O–H groups in total. The molecule has 1 saturated heterocycles. The van der Waals surface area contributed by atoms with Crippen LogP contribution in [0.15, 0.2) is 18.3 Å². The first kappa shape index (κ1) is 14.5. The minimum absolute atomic E-state index is 0.123. The molecule has 2 rings (SSSR count). The summed E-state index contributed by atoms with van der Waals surface area (Å²) in [6.07, 6.45) is 2.16. The van der Waals surface area contributed by atoms with Gasteiger partial charge in [0.15, 0.2) is 0 Å². The summed E-state index contributed by atoms with van der Waals surface area (Å²) in [5.74, 6) is -1.32. The second-order valence-electron chi connectivity index (χ2n) is 5.11. The molecule has 1 amide bonds. The predicted molar refractivity (Wildman–Crippen MR) is 71.7 cm³/mol. The van der Waals surface area contributed by atoms with Crippen LogP contribution in [0.2, 0.25) is 0 Å². The average molecular weight is 278 g/mol. The highest BCUT2D eigenvalue weighted by Crippen LogP contribution is 2.22. The van der Waals surface area contributed by atoms with E-state index in [0.717, 1.165) is 6.42 Å². The number of aromatic carboxylic acids is 1. The van der Waals surface area contributed by atoms with Gasteiger partial charge in [-0.2, -0.15) is 0 Å². The Morgan fingerprint density at radius 3 is 2.95 bits per heavy atom. The van der Waals surface area contributed by atoms with Crippen molar-refractivity contribution in [1.29, 1.82) is 0 Å². The molecule has 1 aromatic heterocycles. The van der Waals surface area contributed by atoms with Crippen molar-refractivity contribution in [2.75, 3.05) is 19.7 Å². The third-order valence-electron chi connectivity index (χ3n) is 3.60. The first-order valence-electron chi connectivity index (χ1n) is 6.58. The van der Waals surface area contributed by atoms with Gasteiger partial charge in [-0.1, -0.05) is 6.92 Å². The molecule has 0 aliphatic carbocycles. The number of carbonyl (C=O) groups excluding carboxylic acids is 1. The molecule has 108 valence electrons. The fourth-order valence-corrected chi connectivity index (χ4v) is 2.18. The number of hydrogen-bond donors (Lipinski definition) is 1. The summed E-state index contributed by atoms with van der Waals surface area (Å²) in [5, 5.41) is 8.92. The minimum atomic E-state index is -1.14. The third kappa shape index (κ3) is 2.96. The van der Waals surface area contributed by atoms with Gasteiger partial charge in [0.05, 0.1) is 12.2 Å². The number of amides is 1. The number of carbonyl (C=O) groups is 2. The first-order valence-corrected chi connectivity index (χ1v) is 6.58. The SMILES string of the molecule is CCC1(C)CN(C(=O)c2ccnc(C(=O)O)c2)CCO1. The second-order valence-corrected chi connectivity index (χ2v) is 5.11. The van der Waals surface area contributed by atoms with Crippen molar-refractivity contribution in [2.24, 2.45) is 0 Å². The van der Waals surface area contributed by atoms with E-state index in [9.17, 15) is 9.59 Å². The summed E-state index contributed by atoms with van der Waals surface area (Å²) < 4.78 is 5.69. The molecule has 0 spiro atoms. The van der Waals surface area contributed by atoms with Gasteiger partial charge in [-0.15, -0.1) is 0 Å². The summed E-state index contributed by atoms with van der Waals surface area (Å²) in [6, 6.07) is 2.84. The molecule has 6 heteroatoms. The zero-order valence-corrected chi connectivity index (χ0v) is 11.6. The van der Waals surface area contributed by atoms with E-state index in [-0.39, 0.29) is 17.2 Å². The molecule has 20 heavy (non-hydrogen) atoms. The van der Waals surface area contributed by atoms with E-state index in [2.05, 4.69) is 4.98 Å². The molecule has 0 saturated carbocycles. The number of pyridine rings is 1. The summed E-state index contributed by atoms with van der Waals surface area (Å²) in [6.45, 7) is 5.50. The third-order valence-corrected chi connectivity index (χ3v) is 3.60. The van der Waals surface area contributed by atoms with E-state index in [4.69, 9.17) is 9.84 Å². The van der Waals surface area contributed by atoms with Crippen molar-refractivity contribution in [3.8, 4) is 0 Å². The Labute approximate surface area is 117 Å². The molecular weight excluding hydrogens is 260 g/mol. The highest BCUT2D eigenvalue weighted by atomic mass is 16.5. The van der Waals surface area contributed by atoms with Gasteiger partial charge in [0.25, 0.3) is 5.91 Å². The van der Waals surface area contributed by atoms with E-state index < -0.39 is 5.97 Å². The summed E-state index contributed by atoms with van der Waals surface area (Å²) >= 11 is 0. The van der Waals surface area contributed by atoms with Gasteiger partial charge in [0.2, 0.25) is 0 Å². The van der Waals surface area contributed by atoms with E-state index in [1.807, 2.05) is 13.8 Å². The van der Waals surface area contributed by atoms with Gasteiger partial charge < -0.3 is 14.7 Å². The van der Waals surface area contributed by atoms with E-state index in [0.29, 0.717) is 25.3 Å². The fraction of sp³-hybridized carbons (Fsp3) is 0.500. The Morgan fingerprint density at radius 2 is 2.30 bits per heavy atom.